The monoisotopic (exact) mass is 173 g/mol. The molecule has 1 aliphatic rings. The van der Waals surface area contributed by atoms with E-state index < -0.39 is 0 Å². The lowest BCUT2D eigenvalue weighted by Gasteiger charge is -2.28. The van der Waals surface area contributed by atoms with E-state index in [1.807, 2.05) is 6.92 Å². The Labute approximate surface area is 72.2 Å². The van der Waals surface area contributed by atoms with Crippen molar-refractivity contribution in [2.75, 3.05) is 26.4 Å². The lowest BCUT2D eigenvalue weighted by Crippen LogP contribution is -2.46. The van der Waals surface area contributed by atoms with Crippen LogP contribution in [0, 0.1) is 5.92 Å². The van der Waals surface area contributed by atoms with Crippen LogP contribution in [0.4, 0.5) is 0 Å². The van der Waals surface area contributed by atoms with Gasteiger partial charge < -0.3 is 14.8 Å². The molecule has 0 saturated carbocycles. The average Bonchev–Trinajstić information content (AvgIpc) is 2.15. The molecule has 1 heterocycles. The summed E-state index contributed by atoms with van der Waals surface area (Å²) in [4.78, 5) is 9.92. The number of carbonyl (C=O) groups is 1. The minimum Gasteiger partial charge on any atom is -0.468 e. The van der Waals surface area contributed by atoms with Crippen LogP contribution in [0.15, 0.2) is 0 Å². The second-order valence-electron chi connectivity index (χ2n) is 3.04. The average molecular weight is 173 g/mol. The van der Waals surface area contributed by atoms with Crippen molar-refractivity contribution >= 4 is 6.47 Å². The van der Waals surface area contributed by atoms with E-state index in [0.29, 0.717) is 31.6 Å². The molecule has 4 nitrogen and oxygen atoms in total. The Balaban J connectivity index is 2.19. The van der Waals surface area contributed by atoms with E-state index in [1.165, 1.54) is 0 Å². The fourth-order valence-corrected chi connectivity index (χ4v) is 1.26. The molecular formula is C8H15NO3. The molecule has 0 aromatic rings. The summed E-state index contributed by atoms with van der Waals surface area (Å²) >= 11 is 0. The first-order valence-electron chi connectivity index (χ1n) is 4.21. The third-order valence-corrected chi connectivity index (χ3v) is 2.06. The van der Waals surface area contributed by atoms with Crippen molar-refractivity contribution in [1.82, 2.24) is 5.32 Å². The molecule has 0 aromatic carbocycles. The molecule has 0 radical (unpaired) electrons. The number of hydrogen-bond acceptors (Lipinski definition) is 4. The summed E-state index contributed by atoms with van der Waals surface area (Å²) in [5.74, 6) is 0.315. The van der Waals surface area contributed by atoms with Crippen LogP contribution in [0.5, 0.6) is 0 Å². The second-order valence-corrected chi connectivity index (χ2v) is 3.04. The summed E-state index contributed by atoms with van der Waals surface area (Å²) in [6.07, 6.45) is 0. The Kier molecular flexibility index (Phi) is 4.04. The molecule has 4 heteroatoms. The number of nitrogens with one attached hydrogen (secondary N) is 1. The van der Waals surface area contributed by atoms with Gasteiger partial charge in [-0.3, -0.25) is 4.79 Å². The third kappa shape index (κ3) is 2.79. The molecule has 12 heavy (non-hydrogen) atoms. The van der Waals surface area contributed by atoms with Crippen molar-refractivity contribution in [2.24, 2.45) is 5.92 Å². The first-order valence-corrected chi connectivity index (χ1v) is 4.21. The van der Waals surface area contributed by atoms with Gasteiger partial charge in [0, 0.05) is 18.5 Å². The van der Waals surface area contributed by atoms with Crippen LogP contribution in [0.3, 0.4) is 0 Å². The van der Waals surface area contributed by atoms with Crippen molar-refractivity contribution in [2.45, 2.75) is 13.0 Å². The van der Waals surface area contributed by atoms with E-state index >= 15 is 0 Å². The fourth-order valence-electron chi connectivity index (χ4n) is 1.26. The van der Waals surface area contributed by atoms with Crippen LogP contribution < -0.4 is 5.32 Å². The van der Waals surface area contributed by atoms with Crippen molar-refractivity contribution in [3.63, 3.8) is 0 Å². The van der Waals surface area contributed by atoms with Gasteiger partial charge in [0.25, 0.3) is 6.47 Å². The molecule has 0 bridgehead atoms. The summed E-state index contributed by atoms with van der Waals surface area (Å²) in [5.41, 5.74) is 0. The molecule has 1 saturated heterocycles. The standard InChI is InChI=1S/C8H15NO3/c1-7(4-12-6-10)8-5-11-3-2-9-8/h6-9H,2-5H2,1H3. The van der Waals surface area contributed by atoms with Gasteiger partial charge in [0.15, 0.2) is 0 Å². The molecular weight excluding hydrogens is 158 g/mol. The zero-order valence-electron chi connectivity index (χ0n) is 7.29. The highest BCUT2D eigenvalue weighted by Gasteiger charge is 2.19. The smallest absolute Gasteiger partial charge is 0.293 e. The highest BCUT2D eigenvalue weighted by Crippen LogP contribution is 2.06. The van der Waals surface area contributed by atoms with Crippen LogP contribution >= 0.6 is 0 Å². The Morgan fingerprint density at radius 2 is 2.67 bits per heavy atom. The highest BCUT2D eigenvalue weighted by atomic mass is 16.5. The van der Waals surface area contributed by atoms with Crippen molar-refractivity contribution in [1.29, 1.82) is 0 Å². The lowest BCUT2D eigenvalue weighted by atomic mass is 10.0. The molecule has 1 rings (SSSR count). The van der Waals surface area contributed by atoms with E-state index in [9.17, 15) is 4.79 Å². The molecule has 1 fully saturated rings. The molecule has 70 valence electrons. The van der Waals surface area contributed by atoms with Crippen LogP contribution in [0.25, 0.3) is 0 Å². The van der Waals surface area contributed by atoms with E-state index in [0.717, 1.165) is 13.2 Å². The van der Waals surface area contributed by atoms with E-state index in [-0.39, 0.29) is 0 Å². The maximum atomic E-state index is 9.92. The molecule has 0 amide bonds. The fraction of sp³-hybridized carbons (Fsp3) is 0.875. The molecule has 0 aromatic heterocycles. The Morgan fingerprint density at radius 1 is 1.83 bits per heavy atom. The summed E-state index contributed by atoms with van der Waals surface area (Å²) < 4.78 is 9.95. The summed E-state index contributed by atoms with van der Waals surface area (Å²) in [6.45, 7) is 5.36. The van der Waals surface area contributed by atoms with Crippen LogP contribution in [0.2, 0.25) is 0 Å². The van der Waals surface area contributed by atoms with Gasteiger partial charge in [-0.1, -0.05) is 6.92 Å². The Morgan fingerprint density at radius 3 is 3.25 bits per heavy atom. The maximum absolute atomic E-state index is 9.92. The quantitative estimate of drug-likeness (QED) is 0.597. The number of rotatable bonds is 4. The van der Waals surface area contributed by atoms with Gasteiger partial charge >= 0.3 is 0 Å². The van der Waals surface area contributed by atoms with Gasteiger partial charge in [0.1, 0.15) is 0 Å². The molecule has 0 spiro atoms. The predicted octanol–water partition coefficient (Wildman–Crippen LogP) is -0.216. The predicted molar refractivity (Wildman–Crippen MR) is 43.8 cm³/mol. The van der Waals surface area contributed by atoms with Crippen molar-refractivity contribution in [3.8, 4) is 0 Å². The molecule has 2 unspecified atom stereocenters. The van der Waals surface area contributed by atoms with Crippen LogP contribution in [-0.2, 0) is 14.3 Å². The lowest BCUT2D eigenvalue weighted by molar-refractivity contribution is -0.130. The molecule has 2 atom stereocenters. The minimum atomic E-state index is 0.315. The van der Waals surface area contributed by atoms with Crippen molar-refractivity contribution < 1.29 is 14.3 Å². The van der Waals surface area contributed by atoms with E-state index in [1.54, 1.807) is 0 Å². The number of hydrogen-bond donors (Lipinski definition) is 1. The van der Waals surface area contributed by atoms with Gasteiger partial charge in [0.2, 0.25) is 0 Å². The largest absolute Gasteiger partial charge is 0.468 e. The zero-order valence-corrected chi connectivity index (χ0v) is 7.29. The minimum absolute atomic E-state index is 0.315. The number of ether oxygens (including phenoxy) is 2. The Bertz CT molecular complexity index is 134. The van der Waals surface area contributed by atoms with Crippen molar-refractivity contribution in [3.05, 3.63) is 0 Å². The topological polar surface area (TPSA) is 47.6 Å². The zero-order chi connectivity index (χ0) is 8.81. The number of morpholine rings is 1. The number of carbonyl (C=O) groups excluding carboxylic acids is 1. The Hall–Kier alpha value is -0.610. The van der Waals surface area contributed by atoms with Gasteiger partial charge in [-0.05, 0) is 0 Å². The molecule has 1 aliphatic heterocycles. The van der Waals surface area contributed by atoms with Crippen LogP contribution in [0.1, 0.15) is 6.92 Å². The van der Waals surface area contributed by atoms with E-state index in [4.69, 9.17) is 4.74 Å². The summed E-state index contributed by atoms with van der Waals surface area (Å²) in [7, 11) is 0. The van der Waals surface area contributed by atoms with Crippen LogP contribution in [-0.4, -0.2) is 38.9 Å². The van der Waals surface area contributed by atoms with Gasteiger partial charge in [0.05, 0.1) is 19.8 Å². The maximum Gasteiger partial charge on any atom is 0.293 e. The molecule has 1 N–H and O–H groups in total. The normalized spacial score (nSPS) is 26.2. The first-order chi connectivity index (χ1) is 5.84. The van der Waals surface area contributed by atoms with Gasteiger partial charge in [-0.2, -0.15) is 0 Å². The van der Waals surface area contributed by atoms with E-state index in [2.05, 4.69) is 10.1 Å². The summed E-state index contributed by atoms with van der Waals surface area (Å²) in [5, 5.41) is 3.31. The van der Waals surface area contributed by atoms with Gasteiger partial charge in [-0.25, -0.2) is 0 Å². The molecule has 0 aliphatic carbocycles. The highest BCUT2D eigenvalue weighted by molar-refractivity contribution is 5.36. The third-order valence-electron chi connectivity index (χ3n) is 2.06. The first kappa shape index (κ1) is 9.48. The summed E-state index contributed by atoms with van der Waals surface area (Å²) in [6, 6.07) is 0.318. The SMILES string of the molecule is CC(COC=O)C1COCCN1. The second kappa shape index (κ2) is 5.11. The van der Waals surface area contributed by atoms with Gasteiger partial charge in [-0.15, -0.1) is 0 Å².